The van der Waals surface area contributed by atoms with E-state index in [-0.39, 0.29) is 23.7 Å². The number of rotatable bonds is 4. The number of nitrogens with zero attached hydrogens (tertiary/aromatic N) is 4. The molecule has 2 atom stereocenters. The lowest BCUT2D eigenvalue weighted by Crippen LogP contribution is -2.48. The second-order valence-electron chi connectivity index (χ2n) is 6.54. The van der Waals surface area contributed by atoms with Crippen molar-refractivity contribution in [1.82, 2.24) is 30.6 Å². The molecule has 3 aromatic rings. The first-order valence-electron chi connectivity index (χ1n) is 8.64. The molecule has 1 saturated heterocycles. The number of halogens is 1. The number of nitrogens with one attached hydrogen (secondary N) is 2. The molecule has 2 aromatic heterocycles. The molecule has 0 aliphatic carbocycles. The van der Waals surface area contributed by atoms with E-state index in [2.05, 4.69) is 30.6 Å². The van der Waals surface area contributed by atoms with Gasteiger partial charge in [0.1, 0.15) is 11.2 Å². The molecule has 1 aliphatic heterocycles. The number of benzene rings is 1. The predicted molar refractivity (Wildman–Crippen MR) is 101 cm³/mol. The molecule has 0 spiro atoms. The third-order valence-corrected chi connectivity index (χ3v) is 4.85. The van der Waals surface area contributed by atoms with E-state index >= 15 is 0 Å². The van der Waals surface area contributed by atoms with Crippen LogP contribution in [0.1, 0.15) is 22.1 Å². The zero-order valence-electron chi connectivity index (χ0n) is 14.7. The third-order valence-electron chi connectivity index (χ3n) is 4.60. The summed E-state index contributed by atoms with van der Waals surface area (Å²) in [6.45, 7) is 2.19. The first-order chi connectivity index (χ1) is 13.1. The Bertz CT molecular complexity index is 944. The van der Waals surface area contributed by atoms with Crippen molar-refractivity contribution in [2.24, 2.45) is 0 Å². The van der Waals surface area contributed by atoms with Gasteiger partial charge in [0.15, 0.2) is 0 Å². The number of likely N-dealkylation sites (N-methyl/N-ethyl adjacent to an activating group) is 1. The van der Waals surface area contributed by atoms with Gasteiger partial charge < -0.3 is 15.0 Å². The van der Waals surface area contributed by atoms with Crippen LogP contribution in [0.3, 0.4) is 0 Å². The number of hydrogen-bond acceptors (Lipinski definition) is 6. The van der Waals surface area contributed by atoms with Crippen molar-refractivity contribution in [3.8, 4) is 0 Å². The van der Waals surface area contributed by atoms with Crippen molar-refractivity contribution in [2.45, 2.75) is 12.1 Å². The number of aromatic amines is 1. The maximum absolute atomic E-state index is 12.9. The monoisotopic (exact) mass is 386 g/mol. The van der Waals surface area contributed by atoms with Gasteiger partial charge >= 0.3 is 0 Å². The molecule has 0 radical (unpaired) electrons. The van der Waals surface area contributed by atoms with E-state index in [1.165, 1.54) is 0 Å². The average Bonchev–Trinajstić information content (AvgIpc) is 3.14. The van der Waals surface area contributed by atoms with Crippen molar-refractivity contribution in [2.75, 3.05) is 26.7 Å². The van der Waals surface area contributed by atoms with Crippen molar-refractivity contribution >= 4 is 28.7 Å². The van der Waals surface area contributed by atoms with E-state index in [1.807, 2.05) is 31.3 Å². The molecule has 3 heterocycles. The maximum atomic E-state index is 12.9. The highest BCUT2D eigenvalue weighted by molar-refractivity contribution is 6.30. The fraction of sp³-hybridized carbons (Fsp3) is 0.333. The quantitative estimate of drug-likeness (QED) is 0.710. The number of morpholine rings is 1. The smallest absolute Gasteiger partial charge is 0.270 e. The summed E-state index contributed by atoms with van der Waals surface area (Å²) >= 11 is 6.02. The maximum Gasteiger partial charge on any atom is 0.270 e. The van der Waals surface area contributed by atoms with Crippen LogP contribution in [0.5, 0.6) is 0 Å². The predicted octanol–water partition coefficient (Wildman–Crippen LogP) is 1.81. The molecule has 0 bridgehead atoms. The van der Waals surface area contributed by atoms with Gasteiger partial charge in [0, 0.05) is 18.1 Å². The van der Waals surface area contributed by atoms with Crippen LogP contribution in [0.15, 0.2) is 36.4 Å². The summed E-state index contributed by atoms with van der Waals surface area (Å²) in [7, 11) is 2.04. The molecule has 2 N–H and O–H groups in total. The van der Waals surface area contributed by atoms with E-state index in [4.69, 9.17) is 16.3 Å². The van der Waals surface area contributed by atoms with Crippen LogP contribution < -0.4 is 5.32 Å². The average molecular weight is 387 g/mol. The number of pyridine rings is 1. The van der Waals surface area contributed by atoms with Crippen LogP contribution in [0, 0.1) is 0 Å². The highest BCUT2D eigenvalue weighted by atomic mass is 35.5. The lowest BCUT2D eigenvalue weighted by atomic mass is 9.99. The Hall–Kier alpha value is -2.55. The first-order valence-corrected chi connectivity index (χ1v) is 9.02. The highest BCUT2D eigenvalue weighted by Gasteiger charge is 2.30. The SMILES string of the molecule is CN1CCOC(C(NC(=O)c2ccc3n[nH]nc3n2)c2ccc(Cl)cc2)C1. The molecule has 0 saturated carbocycles. The molecule has 9 heteroatoms. The number of fused-ring (bicyclic) bond motifs is 1. The van der Waals surface area contributed by atoms with E-state index < -0.39 is 0 Å². The molecule has 1 aliphatic rings. The highest BCUT2D eigenvalue weighted by Crippen LogP contribution is 2.24. The van der Waals surface area contributed by atoms with Gasteiger partial charge in [-0.3, -0.25) is 4.79 Å². The summed E-state index contributed by atoms with van der Waals surface area (Å²) < 4.78 is 5.95. The zero-order chi connectivity index (χ0) is 18.8. The van der Waals surface area contributed by atoms with Crippen LogP contribution in [0.4, 0.5) is 0 Å². The molecule has 1 amide bonds. The van der Waals surface area contributed by atoms with Crippen molar-refractivity contribution in [1.29, 1.82) is 0 Å². The minimum Gasteiger partial charge on any atom is -0.373 e. The summed E-state index contributed by atoms with van der Waals surface area (Å²) in [5, 5.41) is 14.1. The summed E-state index contributed by atoms with van der Waals surface area (Å²) in [5.41, 5.74) is 2.22. The molecule has 8 nitrogen and oxygen atoms in total. The Morgan fingerprint density at radius 2 is 2.11 bits per heavy atom. The lowest BCUT2D eigenvalue weighted by molar-refractivity contribution is -0.0381. The standard InChI is InChI=1S/C18H19ClN6O2/c1-25-8-9-27-15(10-25)16(11-2-4-12(19)5-3-11)21-18(26)14-7-6-13-17(20-14)23-24-22-13/h2-7,15-16H,8-10H2,1H3,(H,21,26)(H,20,22,23,24). The Kier molecular flexibility index (Phi) is 5.02. The number of amides is 1. The van der Waals surface area contributed by atoms with Crippen LogP contribution in [-0.4, -0.2) is 64.0 Å². The Labute approximate surface area is 160 Å². The van der Waals surface area contributed by atoms with Crippen LogP contribution >= 0.6 is 11.6 Å². The topological polar surface area (TPSA) is 96.0 Å². The molecule has 1 aromatic carbocycles. The number of ether oxygens (including phenoxy) is 1. The molecular formula is C18H19ClN6O2. The van der Waals surface area contributed by atoms with Gasteiger partial charge in [-0.1, -0.05) is 23.7 Å². The number of hydrogen-bond donors (Lipinski definition) is 2. The van der Waals surface area contributed by atoms with E-state index in [1.54, 1.807) is 12.1 Å². The molecular weight excluding hydrogens is 368 g/mol. The van der Waals surface area contributed by atoms with Gasteiger partial charge in [-0.25, -0.2) is 4.98 Å². The molecule has 4 rings (SSSR count). The minimum atomic E-state index is -0.327. The third kappa shape index (κ3) is 3.92. The number of H-pyrrole nitrogens is 1. The van der Waals surface area contributed by atoms with Gasteiger partial charge in [-0.05, 0) is 36.9 Å². The van der Waals surface area contributed by atoms with Gasteiger partial charge in [0.05, 0.1) is 18.8 Å². The molecule has 27 heavy (non-hydrogen) atoms. The van der Waals surface area contributed by atoms with Crippen molar-refractivity contribution in [3.63, 3.8) is 0 Å². The number of aromatic nitrogens is 4. The largest absolute Gasteiger partial charge is 0.373 e. The van der Waals surface area contributed by atoms with Gasteiger partial charge in [-0.2, -0.15) is 10.3 Å². The fourth-order valence-electron chi connectivity index (χ4n) is 3.15. The Balaban J connectivity index is 1.61. The summed E-state index contributed by atoms with van der Waals surface area (Å²) in [4.78, 5) is 19.3. The van der Waals surface area contributed by atoms with Crippen LogP contribution in [0.2, 0.25) is 5.02 Å². The van der Waals surface area contributed by atoms with E-state index in [9.17, 15) is 4.79 Å². The summed E-state index contributed by atoms with van der Waals surface area (Å²) in [6.07, 6.45) is -0.176. The van der Waals surface area contributed by atoms with E-state index in [0.717, 1.165) is 12.1 Å². The summed E-state index contributed by atoms with van der Waals surface area (Å²) in [5.74, 6) is -0.295. The molecule has 140 valence electrons. The van der Waals surface area contributed by atoms with Gasteiger partial charge in [-0.15, -0.1) is 5.10 Å². The number of carbonyl (C=O) groups is 1. The van der Waals surface area contributed by atoms with Gasteiger partial charge in [0.2, 0.25) is 5.65 Å². The van der Waals surface area contributed by atoms with Crippen LogP contribution in [-0.2, 0) is 4.74 Å². The lowest BCUT2D eigenvalue weighted by Gasteiger charge is -2.35. The molecule has 2 unspecified atom stereocenters. The second-order valence-corrected chi connectivity index (χ2v) is 6.97. The van der Waals surface area contributed by atoms with E-state index in [0.29, 0.717) is 29.3 Å². The number of carbonyl (C=O) groups excluding carboxylic acids is 1. The van der Waals surface area contributed by atoms with Gasteiger partial charge in [0.25, 0.3) is 5.91 Å². The first kappa shape index (κ1) is 17.8. The Morgan fingerprint density at radius 3 is 2.89 bits per heavy atom. The Morgan fingerprint density at radius 1 is 1.30 bits per heavy atom. The minimum absolute atomic E-state index is 0.176. The van der Waals surface area contributed by atoms with Crippen molar-refractivity contribution in [3.05, 3.63) is 52.7 Å². The second kappa shape index (κ2) is 7.59. The zero-order valence-corrected chi connectivity index (χ0v) is 15.5. The fourth-order valence-corrected chi connectivity index (χ4v) is 3.28. The summed E-state index contributed by atoms with van der Waals surface area (Å²) in [6, 6.07) is 10.4. The van der Waals surface area contributed by atoms with Crippen molar-refractivity contribution < 1.29 is 9.53 Å². The van der Waals surface area contributed by atoms with Crippen LogP contribution in [0.25, 0.3) is 11.2 Å². The normalized spacial score (nSPS) is 19.1. The molecule has 1 fully saturated rings.